The molecule has 1 aliphatic carbocycles. The van der Waals surface area contributed by atoms with E-state index in [9.17, 15) is 20.1 Å². The summed E-state index contributed by atoms with van der Waals surface area (Å²) in [5.41, 5.74) is 10.1. The highest BCUT2D eigenvalue weighted by Crippen LogP contribution is 2.42. The molecule has 0 amide bonds. The van der Waals surface area contributed by atoms with Gasteiger partial charge in [-0.2, -0.15) is 15.3 Å². The molecule has 7 N–H and O–H groups in total. The van der Waals surface area contributed by atoms with Crippen LogP contribution in [-0.2, 0) is 14.1 Å². The van der Waals surface area contributed by atoms with E-state index in [-0.39, 0.29) is 57.0 Å². The van der Waals surface area contributed by atoms with Crippen LogP contribution in [0.3, 0.4) is 0 Å². The number of nitrogens with one attached hydrogen (secondary N) is 4. The summed E-state index contributed by atoms with van der Waals surface area (Å²) >= 11 is 0. The number of rotatable bonds is 10. The standard InChI is InChI=1S/C25H28FN7O2.C24H29N7O.C21H24N8O/c1-24(2)13-19(22(26)25(3,4)30-24)33-23-18(28-31-33)12-17(27-29-23)16-7-6-14(10-20(16)34)15-8-9-32(5)21(35)11-15;1-23(2)12-17(13-24(3,4)29-23)31-22-16(14-25-31)10-20(26-27-22)18-7-6-15(11-21(18)32)19-8-9-30(5)28-19;1-21(2,3)24-14-7-15(8-14)29-20-18(26-28-29)9-17(25-27-20)16-5-4-12(6-19(16)30)13-10-22-23-11-13/h6-12,19,22,30,34H,13H2,1-5H3;6-11,14,17,29,32H,12-13H2,1-5H3;4-6,9-11,14-15,24,30H,7-8H2,1-3H3,(H,22,23)/t19-,22-;;/m0../s1. The first-order chi connectivity index (χ1) is 45.9. The van der Waals surface area contributed by atoms with Crippen LogP contribution >= 0.6 is 0 Å². The molecule has 12 aromatic rings. The Morgan fingerprint density at radius 1 is 0.546 bits per heavy atom. The van der Waals surface area contributed by atoms with Gasteiger partial charge in [-0.1, -0.05) is 28.6 Å². The second-order valence-corrected chi connectivity index (χ2v) is 29.5. The predicted molar refractivity (Wildman–Crippen MR) is 368 cm³/mol. The zero-order valence-corrected chi connectivity index (χ0v) is 56.6. The number of pyridine rings is 1. The molecule has 97 heavy (non-hydrogen) atoms. The van der Waals surface area contributed by atoms with Crippen molar-refractivity contribution in [1.82, 2.24) is 111 Å². The molecule has 9 aromatic heterocycles. The molecule has 26 nitrogen and oxygen atoms in total. The molecule has 502 valence electrons. The number of hydrogen-bond donors (Lipinski definition) is 7. The minimum absolute atomic E-state index is 0.00473. The van der Waals surface area contributed by atoms with Gasteiger partial charge < -0.3 is 35.8 Å². The lowest BCUT2D eigenvalue weighted by molar-refractivity contribution is 0.0257. The maximum atomic E-state index is 15.4. The molecule has 0 spiro atoms. The second-order valence-electron chi connectivity index (χ2n) is 29.5. The smallest absolute Gasteiger partial charge is 0.250 e. The van der Waals surface area contributed by atoms with Crippen LogP contribution in [0, 0.1) is 0 Å². The Kier molecular flexibility index (Phi) is 16.7. The second kappa shape index (κ2) is 24.7. The first-order valence-electron chi connectivity index (χ1n) is 32.5. The molecule has 2 atom stereocenters. The summed E-state index contributed by atoms with van der Waals surface area (Å²) < 4.78 is 24.1. The quantitative estimate of drug-likeness (QED) is 0.0669. The van der Waals surface area contributed by atoms with E-state index >= 15 is 4.39 Å². The molecule has 2 saturated heterocycles. The largest absolute Gasteiger partial charge is 0.507 e. The number of aromatic nitrogens is 19. The van der Waals surface area contributed by atoms with Crippen molar-refractivity contribution in [2.75, 3.05) is 0 Å². The first kappa shape index (κ1) is 65.4. The number of aromatic hydroxyl groups is 3. The Balaban J connectivity index is 0.000000132. The van der Waals surface area contributed by atoms with Gasteiger partial charge in [0.2, 0.25) is 11.3 Å². The van der Waals surface area contributed by atoms with Crippen LogP contribution in [-0.4, -0.2) is 150 Å². The van der Waals surface area contributed by atoms with Crippen LogP contribution in [0.2, 0.25) is 0 Å². The molecule has 3 aromatic carbocycles. The van der Waals surface area contributed by atoms with Crippen LogP contribution in [0.15, 0.2) is 127 Å². The summed E-state index contributed by atoms with van der Waals surface area (Å²) in [6, 6.07) is 27.2. The average Bonchev–Trinajstić information content (AvgIpc) is 1.70. The van der Waals surface area contributed by atoms with E-state index < -0.39 is 17.8 Å². The van der Waals surface area contributed by atoms with Crippen LogP contribution < -0.4 is 21.5 Å². The third kappa shape index (κ3) is 13.7. The van der Waals surface area contributed by atoms with Gasteiger partial charge in [-0.3, -0.25) is 14.6 Å². The Morgan fingerprint density at radius 3 is 1.64 bits per heavy atom. The minimum Gasteiger partial charge on any atom is -0.507 e. The van der Waals surface area contributed by atoms with Crippen molar-refractivity contribution in [2.24, 2.45) is 14.1 Å². The Hall–Kier alpha value is -10.2. The normalized spacial score (nSPS) is 19.6. The van der Waals surface area contributed by atoms with E-state index in [0.717, 1.165) is 59.1 Å². The van der Waals surface area contributed by atoms with Crippen LogP contribution in [0.5, 0.6) is 17.2 Å². The number of aromatic amines is 1. The summed E-state index contributed by atoms with van der Waals surface area (Å²) in [6.07, 6.45) is 12.1. The summed E-state index contributed by atoms with van der Waals surface area (Å²) in [5.74, 6) is 0.274. The molecule has 11 heterocycles. The number of hydrogen-bond acceptors (Lipinski definition) is 20. The summed E-state index contributed by atoms with van der Waals surface area (Å²) in [7, 11) is 3.55. The number of nitrogens with zero attached hydrogens (tertiary/aromatic N) is 18. The van der Waals surface area contributed by atoms with Crippen molar-refractivity contribution >= 4 is 33.4 Å². The molecular weight excluding hydrogens is 1230 g/mol. The number of alkyl halides is 1. The maximum Gasteiger partial charge on any atom is 0.250 e. The van der Waals surface area contributed by atoms with Gasteiger partial charge in [0, 0.05) is 106 Å². The fourth-order valence-corrected chi connectivity index (χ4v) is 14.2. The Morgan fingerprint density at radius 2 is 1.08 bits per heavy atom. The lowest BCUT2D eigenvalue weighted by Gasteiger charge is -2.48. The lowest BCUT2D eigenvalue weighted by Crippen LogP contribution is -2.64. The Labute approximate surface area is 558 Å². The summed E-state index contributed by atoms with van der Waals surface area (Å²) in [4.78, 5) is 12.0. The molecule has 15 rings (SSSR count). The van der Waals surface area contributed by atoms with E-state index in [1.165, 1.54) is 15.3 Å². The number of fused-ring (bicyclic) bond motifs is 3. The van der Waals surface area contributed by atoms with Crippen molar-refractivity contribution in [2.45, 2.75) is 166 Å². The molecule has 3 fully saturated rings. The number of piperidine rings is 2. The fourth-order valence-electron chi connectivity index (χ4n) is 14.2. The van der Waals surface area contributed by atoms with Crippen molar-refractivity contribution in [1.29, 1.82) is 0 Å². The van der Waals surface area contributed by atoms with Crippen molar-refractivity contribution in [3.05, 3.63) is 132 Å². The van der Waals surface area contributed by atoms with E-state index in [1.807, 2.05) is 105 Å². The molecule has 2 aliphatic heterocycles. The highest BCUT2D eigenvalue weighted by atomic mass is 19.1. The number of benzene rings is 3. The first-order valence-corrected chi connectivity index (χ1v) is 32.5. The van der Waals surface area contributed by atoms with Crippen molar-refractivity contribution in [3.8, 4) is 84.5 Å². The zero-order chi connectivity index (χ0) is 68.7. The lowest BCUT2D eigenvalue weighted by atomic mass is 9.78. The van der Waals surface area contributed by atoms with Crippen molar-refractivity contribution in [3.63, 3.8) is 0 Å². The molecule has 0 unspecified atom stereocenters. The van der Waals surface area contributed by atoms with Crippen LogP contribution in [0.4, 0.5) is 4.39 Å². The van der Waals surface area contributed by atoms with Gasteiger partial charge in [0.15, 0.2) is 5.65 Å². The number of halogens is 1. The van der Waals surface area contributed by atoms with E-state index in [4.69, 9.17) is 0 Å². The monoisotopic (exact) mass is 1310 g/mol. The van der Waals surface area contributed by atoms with E-state index in [2.05, 4.69) is 136 Å². The number of aryl methyl sites for hydroxylation is 2. The maximum absolute atomic E-state index is 15.4. The minimum atomic E-state index is -1.20. The van der Waals surface area contributed by atoms with Crippen molar-refractivity contribution < 1.29 is 19.7 Å². The zero-order valence-electron chi connectivity index (χ0n) is 56.6. The molecule has 27 heteroatoms. The van der Waals surface area contributed by atoms with Gasteiger partial charge in [0.1, 0.15) is 34.5 Å². The molecular formula is C70H81FN22O4. The average molecular weight is 1310 g/mol. The third-order valence-electron chi connectivity index (χ3n) is 18.2. The topological polar surface area (TPSA) is 322 Å². The van der Waals surface area contributed by atoms with E-state index in [1.54, 1.807) is 66.7 Å². The van der Waals surface area contributed by atoms with Gasteiger partial charge >= 0.3 is 0 Å². The molecule has 0 bridgehead atoms. The SMILES string of the molecule is CC(C)(C)NC1CC(n2nnc3cc(-c4ccc(-c5cn[nH]c5)cc4O)nnc32)C1.Cn1ccc(-c2ccc(-c3cc4cnn(C5CC(C)(C)NC(C)(C)C5)c4nn3)c(O)c2)n1.Cn1ccc(-c2ccc(-c3cc4nnn([C@H]5CC(C)(C)NC(C)(C)[C@H]5F)c4nn3)c(O)c2)cc1=O. The van der Waals surface area contributed by atoms with Gasteiger partial charge in [-0.05, 0) is 192 Å². The highest BCUT2D eigenvalue weighted by molar-refractivity contribution is 5.83. The van der Waals surface area contributed by atoms with Crippen LogP contribution in [0.25, 0.3) is 101 Å². The molecule has 1 saturated carbocycles. The van der Waals surface area contributed by atoms with E-state index in [0.29, 0.717) is 79.7 Å². The van der Waals surface area contributed by atoms with Gasteiger partial charge in [-0.25, -0.2) is 18.4 Å². The Bertz CT molecular complexity index is 4940. The third-order valence-corrected chi connectivity index (χ3v) is 18.2. The highest BCUT2D eigenvalue weighted by Gasteiger charge is 2.48. The summed E-state index contributed by atoms with van der Waals surface area (Å²) in [6.45, 7) is 23.2. The van der Waals surface area contributed by atoms with Gasteiger partial charge in [0.25, 0.3) is 5.56 Å². The fraction of sp³-hybridized carbons (Fsp3) is 0.400. The van der Waals surface area contributed by atoms with Crippen LogP contribution in [0.1, 0.15) is 126 Å². The predicted octanol–water partition coefficient (Wildman–Crippen LogP) is 10.5. The van der Waals surface area contributed by atoms with Gasteiger partial charge in [-0.15, -0.1) is 40.8 Å². The molecule has 3 aliphatic rings. The number of phenols is 3. The van der Waals surface area contributed by atoms with Gasteiger partial charge in [0.05, 0.1) is 53.3 Å². The number of phenolic OH excluding ortho intramolecular Hbond substituents is 3. The number of H-pyrrole nitrogens is 1. The summed E-state index contributed by atoms with van der Waals surface area (Å²) in [5, 5.41) is 103. The molecule has 0 radical (unpaired) electrons.